The molecular formula is C72H121N3O53. The van der Waals surface area contributed by atoms with Crippen molar-refractivity contribution in [2.75, 3.05) is 52.9 Å². The second-order valence-electron chi connectivity index (χ2n) is 33.0. The van der Waals surface area contributed by atoms with Crippen LogP contribution < -0.4 is 16.0 Å². The minimum Gasteiger partial charge on any atom is -0.394 e. The molecule has 11 aliphatic heterocycles. The number of hydrogen-bond acceptors (Lipinski definition) is 53. The minimum absolute atomic E-state index is 0.891. The Balaban J connectivity index is 0.956. The highest BCUT2D eigenvalue weighted by atomic mass is 16.8. The van der Waals surface area contributed by atoms with Crippen LogP contribution in [-0.4, -0.2) is 556 Å². The lowest BCUT2D eigenvalue weighted by molar-refractivity contribution is -0.397. The summed E-state index contributed by atoms with van der Waals surface area (Å²) in [5, 5.41) is 332. The van der Waals surface area contributed by atoms with E-state index in [1.165, 1.54) is 20.8 Å². The van der Waals surface area contributed by atoms with Crippen LogP contribution in [0.2, 0.25) is 0 Å². The number of carbonyl (C=O) groups excluding carboxylic acids is 3. The molecule has 742 valence electrons. The Bertz CT molecular complexity index is 3460. The SMILES string of the molecule is CC(=O)N[C@H]1[C@H](O[C@H]2[C@@H](O)[C@@H](CO)O[C@@H](O[C@H]3[C@H](O)[C@@H](O)C(O)O[C@@H]3CO)[C@@H]2O)O[C@H](CO)[C@@H](O[C@@H]2O[C@H](CO[C@@H]3O[C@H](CO)[C@@H](O[C@@H]4O[C@H](CO)[C@H](O)[C@H](O)[C@H]4O[C@@H]4O[C@@H](C)[C@@H](O)[C@@H](O)[C@@H]4O)[C@H](O[C@@H]4O[C@@H](C)[C@@H](O)[C@@H](O)[C@@H]4O)[C@H]3NC(C)=O)[C@H](O)[C@H](O[C@@H]3O[C@H](CO)[C@@H](O)[C@H](O[C@@H]4O[C@H](CO)[C@H](O)[C@H](O)[C@H]4O[C@@H]4O[C@@H](C)[C@@H](O)[C@@H](O)[C@@H]4O)[C@H]3NC(C)=O)[C@H]2O)[C@@H]1O. The summed E-state index contributed by atoms with van der Waals surface area (Å²) in [6, 6.07) is -6.22. The van der Waals surface area contributed by atoms with Gasteiger partial charge in [-0.3, -0.25) is 14.4 Å². The van der Waals surface area contributed by atoms with E-state index in [2.05, 4.69) is 16.0 Å². The maximum absolute atomic E-state index is 13.7. The fourth-order valence-corrected chi connectivity index (χ4v) is 16.8. The molecule has 3 amide bonds. The van der Waals surface area contributed by atoms with Crippen LogP contribution in [0.1, 0.15) is 41.5 Å². The smallest absolute Gasteiger partial charge is 0.217 e. The quantitative estimate of drug-likeness (QED) is 0.0306. The molecule has 32 N–H and O–H groups in total. The first kappa shape index (κ1) is 105. The van der Waals surface area contributed by atoms with Crippen LogP contribution in [0.3, 0.4) is 0 Å². The first-order valence-corrected chi connectivity index (χ1v) is 41.2. The van der Waals surface area contributed by atoms with Gasteiger partial charge in [-0.15, -0.1) is 0 Å². The predicted octanol–water partition coefficient (Wildman–Crippen LogP) is -21.5. The van der Waals surface area contributed by atoms with E-state index in [4.69, 9.17) is 99.5 Å². The van der Waals surface area contributed by atoms with E-state index in [0.717, 1.165) is 20.8 Å². The molecule has 56 heteroatoms. The number of rotatable bonds is 31. The predicted molar refractivity (Wildman–Crippen MR) is 393 cm³/mol. The van der Waals surface area contributed by atoms with Crippen LogP contribution in [0, 0.1) is 0 Å². The molecule has 0 radical (unpaired) electrons. The zero-order valence-electron chi connectivity index (χ0n) is 69.2. The van der Waals surface area contributed by atoms with E-state index in [1.807, 2.05) is 0 Å². The lowest BCUT2D eigenvalue weighted by atomic mass is 9.93. The summed E-state index contributed by atoms with van der Waals surface area (Å²) in [6.07, 6.45) is -108. The Morgan fingerprint density at radius 3 is 0.914 bits per heavy atom. The van der Waals surface area contributed by atoms with Crippen molar-refractivity contribution in [2.45, 2.75) is 379 Å². The summed E-state index contributed by atoms with van der Waals surface area (Å²) in [5.74, 6) is -3.10. The summed E-state index contributed by atoms with van der Waals surface area (Å²) in [4.78, 5) is 40.6. The molecule has 0 aliphatic carbocycles. The number of ether oxygens (including phenoxy) is 21. The fourth-order valence-electron chi connectivity index (χ4n) is 16.8. The van der Waals surface area contributed by atoms with Crippen LogP contribution in [0.4, 0.5) is 0 Å². The molecule has 11 rings (SSSR count). The first-order chi connectivity index (χ1) is 60.5. The molecular weight excluding hydrogens is 1750 g/mol. The third-order valence-electron chi connectivity index (χ3n) is 24.1. The van der Waals surface area contributed by atoms with Gasteiger partial charge in [-0.25, -0.2) is 0 Å². The van der Waals surface area contributed by atoms with Gasteiger partial charge in [-0.05, 0) is 20.8 Å². The van der Waals surface area contributed by atoms with Gasteiger partial charge in [0.25, 0.3) is 0 Å². The van der Waals surface area contributed by atoms with Crippen molar-refractivity contribution in [2.24, 2.45) is 0 Å². The van der Waals surface area contributed by atoms with Crippen molar-refractivity contribution < 1.29 is 262 Å². The molecule has 11 saturated heterocycles. The molecule has 11 heterocycles. The van der Waals surface area contributed by atoms with Gasteiger partial charge in [-0.2, -0.15) is 0 Å². The van der Waals surface area contributed by atoms with Crippen LogP contribution in [0.25, 0.3) is 0 Å². The molecule has 0 bridgehead atoms. The van der Waals surface area contributed by atoms with E-state index in [0.29, 0.717) is 0 Å². The third-order valence-corrected chi connectivity index (χ3v) is 24.1. The van der Waals surface area contributed by atoms with Gasteiger partial charge in [0.05, 0.1) is 71.2 Å². The van der Waals surface area contributed by atoms with Gasteiger partial charge in [0.1, 0.15) is 250 Å². The van der Waals surface area contributed by atoms with Crippen LogP contribution in [0.5, 0.6) is 0 Å². The summed E-state index contributed by atoms with van der Waals surface area (Å²) in [6.45, 7) is -2.94. The molecule has 0 aromatic carbocycles. The molecule has 0 aromatic rings. The zero-order chi connectivity index (χ0) is 94.1. The third kappa shape index (κ3) is 22.5. The number of aliphatic hydroxyl groups is 29. The van der Waals surface area contributed by atoms with E-state index in [9.17, 15) is 162 Å². The Morgan fingerprint density at radius 1 is 0.219 bits per heavy atom. The number of amides is 3. The molecule has 56 nitrogen and oxygen atoms in total. The second-order valence-corrected chi connectivity index (χ2v) is 33.0. The maximum Gasteiger partial charge on any atom is 0.217 e. The van der Waals surface area contributed by atoms with Crippen LogP contribution >= 0.6 is 0 Å². The second kappa shape index (κ2) is 45.1. The lowest BCUT2D eigenvalue weighted by Gasteiger charge is -2.52. The molecule has 1 unspecified atom stereocenters. The van der Waals surface area contributed by atoms with Crippen molar-refractivity contribution in [3.8, 4) is 0 Å². The van der Waals surface area contributed by atoms with Crippen molar-refractivity contribution in [1.29, 1.82) is 0 Å². The number of aliphatic hydroxyl groups excluding tert-OH is 29. The van der Waals surface area contributed by atoms with Gasteiger partial charge in [0.15, 0.2) is 69.2 Å². The van der Waals surface area contributed by atoms with Crippen molar-refractivity contribution in [1.82, 2.24) is 16.0 Å². The Kier molecular flexibility index (Phi) is 37.0. The summed E-state index contributed by atoms with van der Waals surface area (Å²) >= 11 is 0. The highest BCUT2D eigenvalue weighted by molar-refractivity contribution is 5.74. The highest BCUT2D eigenvalue weighted by Crippen LogP contribution is 2.42. The standard InChI is InChI=1S/C72H121N3O53/c1-15-32(86)41(95)48(102)66(109-15)124-57-31(75-20(6)85)63(117-27(13-82)55(57)122-71-60(44(98)35(89)21(7-76)115-71)127-67-49(103)42(96)33(87)16(2)110-67)108-14-28-39(93)59(126-65-30(74-19(5)84)56(37(91)23(9-78)113-65)123-72-61(45(99)36(90)22(8-77)116-72)128-68-50(104)43(97)34(88)17(3)111-68)52(106)70(119-28)120-53-26(12-81)118-64(29(40(53)94)73-18(4)83)125-58-38(92)24(10-79)114-69(51(58)105)121-54-25(11-80)112-62(107)47(101)46(54)100/h15-17,21-72,76-82,86-107H,7-14H2,1-6H3,(H,73,83)(H,74,84)(H,75,85)/t15-,16-,17-,21+,22+,23+,24+,25+,26+,27+,28+,29+,30+,31+,32+,33+,34+,35-,36-,37+,38-,39-,40+,41+,42+,43+,44-,45-,46+,47+,48-,49-,50-,51+,52+,53+,54+,55+,56+,57+,58-,59-,60+,61+,62?,63+,64-,65-,66-,67-,68-,69-,70-,71-,72-/m0/s1. The van der Waals surface area contributed by atoms with Crippen molar-refractivity contribution in [3.63, 3.8) is 0 Å². The van der Waals surface area contributed by atoms with E-state index in [1.54, 1.807) is 0 Å². The zero-order valence-corrected chi connectivity index (χ0v) is 69.2. The molecule has 11 fully saturated rings. The maximum atomic E-state index is 13.7. The molecule has 128 heavy (non-hydrogen) atoms. The molecule has 55 atom stereocenters. The van der Waals surface area contributed by atoms with Gasteiger partial charge in [0.2, 0.25) is 17.7 Å². The average Bonchev–Trinajstić information content (AvgIpc) is 0.601. The van der Waals surface area contributed by atoms with Gasteiger partial charge >= 0.3 is 0 Å². The van der Waals surface area contributed by atoms with E-state index >= 15 is 0 Å². The van der Waals surface area contributed by atoms with Crippen molar-refractivity contribution in [3.05, 3.63) is 0 Å². The monoisotopic (exact) mass is 1880 g/mol. The van der Waals surface area contributed by atoms with Crippen LogP contribution in [0.15, 0.2) is 0 Å². The van der Waals surface area contributed by atoms with E-state index in [-0.39, 0.29) is 0 Å². The summed E-state index contributed by atoms with van der Waals surface area (Å²) < 4.78 is 126. The average molecular weight is 1880 g/mol. The molecule has 0 aromatic heterocycles. The first-order valence-electron chi connectivity index (χ1n) is 41.2. The topological polar surface area (TPSA) is 868 Å². The minimum atomic E-state index is -2.64. The summed E-state index contributed by atoms with van der Waals surface area (Å²) in [7, 11) is 0. The normalized spacial score (nSPS) is 51.6. The van der Waals surface area contributed by atoms with Crippen LogP contribution in [-0.2, 0) is 114 Å². The number of carbonyl (C=O) groups is 3. The molecule has 11 aliphatic rings. The van der Waals surface area contributed by atoms with Gasteiger partial charge in [-0.1, -0.05) is 0 Å². The Hall–Kier alpha value is -3.59. The van der Waals surface area contributed by atoms with Crippen molar-refractivity contribution >= 4 is 17.7 Å². The number of hydrogen-bond donors (Lipinski definition) is 32. The number of nitrogens with one attached hydrogen (secondary N) is 3. The largest absolute Gasteiger partial charge is 0.394 e. The van der Waals surface area contributed by atoms with Gasteiger partial charge < -0.3 is 264 Å². The Labute approximate surface area is 725 Å². The lowest BCUT2D eigenvalue weighted by Crippen LogP contribution is -2.71. The summed E-state index contributed by atoms with van der Waals surface area (Å²) in [5.41, 5.74) is 0. The van der Waals surface area contributed by atoms with Gasteiger partial charge in [0, 0.05) is 20.8 Å². The van der Waals surface area contributed by atoms with E-state index < -0.39 is 408 Å². The fraction of sp³-hybridized carbons (Fsp3) is 0.958. The molecule has 0 saturated carbocycles. The highest BCUT2D eigenvalue weighted by Gasteiger charge is 2.63. The Morgan fingerprint density at radius 2 is 0.492 bits per heavy atom. The molecule has 0 spiro atoms.